The van der Waals surface area contributed by atoms with E-state index in [1.165, 1.54) is 19.3 Å². The fourth-order valence-electron chi connectivity index (χ4n) is 1.93. The van der Waals surface area contributed by atoms with E-state index in [2.05, 4.69) is 0 Å². The van der Waals surface area contributed by atoms with Gasteiger partial charge in [0.2, 0.25) is 0 Å². The van der Waals surface area contributed by atoms with Gasteiger partial charge < -0.3 is 15.6 Å². The van der Waals surface area contributed by atoms with Crippen LogP contribution in [0.3, 0.4) is 0 Å². The number of hydrogen-bond acceptors (Lipinski definition) is 3. The second kappa shape index (κ2) is 5.69. The molecule has 0 spiro atoms. The van der Waals surface area contributed by atoms with Crippen molar-refractivity contribution in [3.8, 4) is 0 Å². The van der Waals surface area contributed by atoms with Gasteiger partial charge in [0.25, 0.3) is 0 Å². The van der Waals surface area contributed by atoms with Crippen molar-refractivity contribution >= 4 is 0 Å². The molecule has 0 bridgehead atoms. The highest BCUT2D eigenvalue weighted by Gasteiger charge is 2.27. The van der Waals surface area contributed by atoms with E-state index in [1.54, 1.807) is 6.92 Å². The molecule has 14 heavy (non-hydrogen) atoms. The van der Waals surface area contributed by atoms with Gasteiger partial charge in [-0.05, 0) is 26.2 Å². The zero-order valence-electron chi connectivity index (χ0n) is 9.17. The van der Waals surface area contributed by atoms with E-state index in [-0.39, 0.29) is 11.6 Å². The first-order chi connectivity index (χ1) is 6.62. The lowest BCUT2D eigenvalue weighted by atomic mass is 9.83. The third-order valence-electron chi connectivity index (χ3n) is 2.92. The molecule has 0 aliphatic heterocycles. The normalized spacial score (nSPS) is 23.4. The summed E-state index contributed by atoms with van der Waals surface area (Å²) < 4.78 is 5.50. The first-order valence-corrected chi connectivity index (χ1v) is 5.67. The van der Waals surface area contributed by atoms with Crippen molar-refractivity contribution in [2.24, 2.45) is 5.73 Å². The van der Waals surface area contributed by atoms with Gasteiger partial charge in [-0.1, -0.05) is 19.3 Å². The quantitative estimate of drug-likeness (QED) is 0.662. The number of hydrogen-bond donors (Lipinski definition) is 2. The Hall–Kier alpha value is -0.120. The zero-order valence-corrected chi connectivity index (χ0v) is 9.17. The largest absolute Gasteiger partial charge is 0.393 e. The second-order valence-electron chi connectivity index (χ2n) is 4.61. The summed E-state index contributed by atoms with van der Waals surface area (Å²) in [5.74, 6) is 0. The predicted molar refractivity (Wildman–Crippen MR) is 57.1 cm³/mol. The van der Waals surface area contributed by atoms with Gasteiger partial charge >= 0.3 is 0 Å². The van der Waals surface area contributed by atoms with Gasteiger partial charge in [0.15, 0.2) is 0 Å². The van der Waals surface area contributed by atoms with Crippen molar-refractivity contribution in [2.45, 2.75) is 57.1 Å². The first-order valence-electron chi connectivity index (χ1n) is 5.67. The Morgan fingerprint density at radius 1 is 1.36 bits per heavy atom. The SMILES string of the molecule is CC(O)CCOCC1(N)CCCCC1. The van der Waals surface area contributed by atoms with Crippen LogP contribution in [0, 0.1) is 0 Å². The summed E-state index contributed by atoms with van der Waals surface area (Å²) in [5.41, 5.74) is 6.10. The van der Waals surface area contributed by atoms with Gasteiger partial charge in [-0.2, -0.15) is 0 Å². The number of aliphatic hydroxyl groups excluding tert-OH is 1. The molecular weight excluding hydrogens is 178 g/mol. The van der Waals surface area contributed by atoms with Crippen LogP contribution in [0.4, 0.5) is 0 Å². The molecule has 1 rings (SSSR count). The second-order valence-corrected chi connectivity index (χ2v) is 4.61. The Bertz CT molecular complexity index is 153. The number of ether oxygens (including phenoxy) is 1. The Balaban J connectivity index is 2.09. The maximum absolute atomic E-state index is 9.04. The van der Waals surface area contributed by atoms with E-state index in [4.69, 9.17) is 15.6 Å². The Morgan fingerprint density at radius 2 is 2.00 bits per heavy atom. The molecule has 0 aromatic heterocycles. The molecule has 1 aliphatic rings. The van der Waals surface area contributed by atoms with Crippen LogP contribution in [-0.2, 0) is 4.74 Å². The van der Waals surface area contributed by atoms with Gasteiger partial charge in [0.1, 0.15) is 0 Å². The molecule has 84 valence electrons. The lowest BCUT2D eigenvalue weighted by Crippen LogP contribution is -2.46. The fraction of sp³-hybridized carbons (Fsp3) is 1.00. The van der Waals surface area contributed by atoms with Crippen molar-refractivity contribution in [1.29, 1.82) is 0 Å². The summed E-state index contributed by atoms with van der Waals surface area (Å²) >= 11 is 0. The van der Waals surface area contributed by atoms with Crippen LogP contribution in [0.2, 0.25) is 0 Å². The molecule has 1 fully saturated rings. The molecule has 1 aliphatic carbocycles. The molecule has 0 heterocycles. The van der Waals surface area contributed by atoms with Crippen molar-refractivity contribution in [2.75, 3.05) is 13.2 Å². The van der Waals surface area contributed by atoms with Crippen molar-refractivity contribution in [1.82, 2.24) is 0 Å². The minimum atomic E-state index is -0.268. The third-order valence-corrected chi connectivity index (χ3v) is 2.92. The van der Waals surface area contributed by atoms with Crippen LogP contribution in [-0.4, -0.2) is 30.0 Å². The van der Waals surface area contributed by atoms with Crippen LogP contribution in [0.25, 0.3) is 0 Å². The summed E-state index contributed by atoms with van der Waals surface area (Å²) in [6, 6.07) is 0. The molecule has 1 saturated carbocycles. The molecule has 0 amide bonds. The fourth-order valence-corrected chi connectivity index (χ4v) is 1.93. The van der Waals surface area contributed by atoms with Crippen LogP contribution < -0.4 is 5.73 Å². The van der Waals surface area contributed by atoms with Crippen LogP contribution in [0.1, 0.15) is 45.4 Å². The van der Waals surface area contributed by atoms with Crippen LogP contribution >= 0.6 is 0 Å². The van der Waals surface area contributed by atoms with Gasteiger partial charge in [-0.25, -0.2) is 0 Å². The van der Waals surface area contributed by atoms with E-state index in [0.717, 1.165) is 12.8 Å². The average molecular weight is 201 g/mol. The molecule has 1 atom stereocenters. The lowest BCUT2D eigenvalue weighted by molar-refractivity contribution is 0.0467. The highest BCUT2D eigenvalue weighted by Crippen LogP contribution is 2.25. The van der Waals surface area contributed by atoms with E-state index < -0.39 is 0 Å². The first kappa shape index (κ1) is 12.0. The molecule has 3 heteroatoms. The summed E-state index contributed by atoms with van der Waals surface area (Å²) in [6.07, 6.45) is 6.38. The van der Waals surface area contributed by atoms with Crippen molar-refractivity contribution < 1.29 is 9.84 Å². The topological polar surface area (TPSA) is 55.5 Å². The smallest absolute Gasteiger partial charge is 0.0646 e. The average Bonchev–Trinajstić information content (AvgIpc) is 2.14. The number of nitrogens with two attached hydrogens (primary N) is 1. The van der Waals surface area contributed by atoms with Gasteiger partial charge in [0.05, 0.1) is 12.7 Å². The van der Waals surface area contributed by atoms with Gasteiger partial charge in [-0.15, -0.1) is 0 Å². The third kappa shape index (κ3) is 4.40. The molecule has 0 saturated heterocycles. The van der Waals surface area contributed by atoms with E-state index in [1.807, 2.05) is 0 Å². The molecule has 3 nitrogen and oxygen atoms in total. The van der Waals surface area contributed by atoms with Crippen LogP contribution in [0.15, 0.2) is 0 Å². The Morgan fingerprint density at radius 3 is 2.57 bits per heavy atom. The van der Waals surface area contributed by atoms with Crippen LogP contribution in [0.5, 0.6) is 0 Å². The monoisotopic (exact) mass is 201 g/mol. The zero-order chi connectivity index (χ0) is 10.4. The molecule has 3 N–H and O–H groups in total. The maximum Gasteiger partial charge on any atom is 0.0646 e. The summed E-state index contributed by atoms with van der Waals surface area (Å²) in [5, 5.41) is 9.04. The lowest BCUT2D eigenvalue weighted by Gasteiger charge is -2.33. The minimum absolute atomic E-state index is 0.0864. The molecule has 0 aromatic carbocycles. The summed E-state index contributed by atoms with van der Waals surface area (Å²) in [6.45, 7) is 3.05. The highest BCUT2D eigenvalue weighted by atomic mass is 16.5. The Kier molecular flexibility index (Phi) is 4.85. The highest BCUT2D eigenvalue weighted by molar-refractivity contribution is 4.86. The van der Waals surface area contributed by atoms with Crippen molar-refractivity contribution in [3.05, 3.63) is 0 Å². The van der Waals surface area contributed by atoms with E-state index >= 15 is 0 Å². The van der Waals surface area contributed by atoms with Gasteiger partial charge in [0, 0.05) is 12.1 Å². The minimum Gasteiger partial charge on any atom is -0.393 e. The van der Waals surface area contributed by atoms with Crippen molar-refractivity contribution in [3.63, 3.8) is 0 Å². The Labute approximate surface area is 86.6 Å². The number of rotatable bonds is 5. The van der Waals surface area contributed by atoms with E-state index in [0.29, 0.717) is 19.6 Å². The molecule has 0 radical (unpaired) electrons. The molecule has 0 aromatic rings. The summed E-state index contributed by atoms with van der Waals surface area (Å²) in [4.78, 5) is 0. The molecule has 1 unspecified atom stereocenters. The number of aliphatic hydroxyl groups is 1. The standard InChI is InChI=1S/C11H23NO2/c1-10(13)5-8-14-9-11(12)6-3-2-4-7-11/h10,13H,2-9,12H2,1H3. The van der Waals surface area contributed by atoms with Gasteiger partial charge in [-0.3, -0.25) is 0 Å². The predicted octanol–water partition coefficient (Wildman–Crippen LogP) is 1.44. The summed E-state index contributed by atoms with van der Waals surface area (Å²) in [7, 11) is 0. The van der Waals surface area contributed by atoms with E-state index in [9.17, 15) is 0 Å². The maximum atomic E-state index is 9.04. The molecular formula is C11H23NO2.